The van der Waals surface area contributed by atoms with E-state index in [0.717, 1.165) is 17.7 Å². The number of aromatic nitrogens is 2. The largest absolute Gasteiger partial charge is 0.416 e. The van der Waals surface area contributed by atoms with E-state index in [1.54, 1.807) is 42.5 Å². The van der Waals surface area contributed by atoms with E-state index in [-0.39, 0.29) is 5.91 Å². The van der Waals surface area contributed by atoms with Gasteiger partial charge in [0.05, 0.1) is 27.2 Å². The first-order valence-electron chi connectivity index (χ1n) is 9.00. The second kappa shape index (κ2) is 7.84. The first-order chi connectivity index (χ1) is 14.3. The standard InChI is InChI=1S/C22H15ClF3N3O/c23-17-7-2-1-6-16(17)21(30)27-15-5-3-4-13(10-15)11-20-28-18-9-8-14(22(24,25)26)12-19(18)29-20/h1-10,12H,11H2,(H,27,30)(H,28,29). The van der Waals surface area contributed by atoms with Crippen LogP contribution in [0.15, 0.2) is 66.7 Å². The molecule has 0 atom stereocenters. The van der Waals surface area contributed by atoms with Crippen molar-refractivity contribution in [3.8, 4) is 0 Å². The van der Waals surface area contributed by atoms with Gasteiger partial charge in [-0.1, -0.05) is 35.9 Å². The van der Waals surface area contributed by atoms with Crippen LogP contribution in [0.1, 0.15) is 27.3 Å². The Morgan fingerprint density at radius 1 is 1.03 bits per heavy atom. The van der Waals surface area contributed by atoms with Crippen molar-refractivity contribution in [1.82, 2.24) is 9.97 Å². The van der Waals surface area contributed by atoms with E-state index in [0.29, 0.717) is 39.6 Å². The van der Waals surface area contributed by atoms with Crippen LogP contribution in [0.5, 0.6) is 0 Å². The lowest BCUT2D eigenvalue weighted by atomic mass is 10.1. The number of aromatic amines is 1. The topological polar surface area (TPSA) is 57.8 Å². The summed E-state index contributed by atoms with van der Waals surface area (Å²) >= 11 is 6.06. The smallest absolute Gasteiger partial charge is 0.342 e. The maximum absolute atomic E-state index is 12.9. The molecule has 8 heteroatoms. The maximum Gasteiger partial charge on any atom is 0.416 e. The average molecular weight is 430 g/mol. The summed E-state index contributed by atoms with van der Waals surface area (Å²) in [6.07, 6.45) is -4.04. The highest BCUT2D eigenvalue weighted by atomic mass is 35.5. The van der Waals surface area contributed by atoms with Crippen molar-refractivity contribution < 1.29 is 18.0 Å². The van der Waals surface area contributed by atoms with Crippen molar-refractivity contribution in [2.24, 2.45) is 0 Å². The van der Waals surface area contributed by atoms with Crippen LogP contribution in [0.4, 0.5) is 18.9 Å². The average Bonchev–Trinajstić information content (AvgIpc) is 3.09. The zero-order chi connectivity index (χ0) is 21.3. The SMILES string of the molecule is O=C(Nc1cccc(Cc2nc3ccc(C(F)(F)F)cc3[nH]2)c1)c1ccccc1Cl. The Labute approximate surface area is 174 Å². The number of carbonyl (C=O) groups is 1. The predicted molar refractivity (Wildman–Crippen MR) is 110 cm³/mol. The third kappa shape index (κ3) is 4.31. The minimum atomic E-state index is -4.41. The molecule has 1 aromatic heterocycles. The highest BCUT2D eigenvalue weighted by molar-refractivity contribution is 6.34. The second-order valence-corrected chi connectivity index (χ2v) is 7.13. The number of hydrogen-bond acceptors (Lipinski definition) is 2. The lowest BCUT2D eigenvalue weighted by Gasteiger charge is -2.08. The van der Waals surface area contributed by atoms with E-state index in [2.05, 4.69) is 15.3 Å². The molecule has 0 aliphatic carbocycles. The number of anilines is 1. The van der Waals surface area contributed by atoms with Crippen molar-refractivity contribution in [3.63, 3.8) is 0 Å². The minimum absolute atomic E-state index is 0.322. The normalized spacial score (nSPS) is 11.6. The number of imidazole rings is 1. The van der Waals surface area contributed by atoms with E-state index in [4.69, 9.17) is 11.6 Å². The number of fused-ring (bicyclic) bond motifs is 1. The van der Waals surface area contributed by atoms with Gasteiger partial charge in [0.25, 0.3) is 5.91 Å². The molecule has 4 rings (SSSR count). The van der Waals surface area contributed by atoms with Crippen molar-refractivity contribution in [2.75, 3.05) is 5.32 Å². The first kappa shape index (κ1) is 20.0. The number of nitrogens with zero attached hydrogens (tertiary/aromatic N) is 1. The number of amides is 1. The molecule has 1 heterocycles. The first-order valence-corrected chi connectivity index (χ1v) is 9.38. The van der Waals surface area contributed by atoms with E-state index in [9.17, 15) is 18.0 Å². The summed E-state index contributed by atoms with van der Waals surface area (Å²) in [7, 11) is 0. The Hall–Kier alpha value is -3.32. The summed E-state index contributed by atoms with van der Waals surface area (Å²) in [5, 5.41) is 3.15. The summed E-state index contributed by atoms with van der Waals surface area (Å²) in [4.78, 5) is 19.7. The van der Waals surface area contributed by atoms with Crippen LogP contribution in [-0.4, -0.2) is 15.9 Å². The molecule has 0 bridgehead atoms. The lowest BCUT2D eigenvalue weighted by molar-refractivity contribution is -0.137. The molecule has 0 saturated heterocycles. The van der Waals surface area contributed by atoms with Crippen molar-refractivity contribution in [1.29, 1.82) is 0 Å². The van der Waals surface area contributed by atoms with Crippen LogP contribution >= 0.6 is 11.6 Å². The number of nitrogens with one attached hydrogen (secondary N) is 2. The van der Waals surface area contributed by atoms with Gasteiger partial charge in [-0.15, -0.1) is 0 Å². The predicted octanol–water partition coefficient (Wildman–Crippen LogP) is 6.08. The van der Waals surface area contributed by atoms with E-state index >= 15 is 0 Å². The molecule has 1 amide bonds. The van der Waals surface area contributed by atoms with Gasteiger partial charge in [-0.25, -0.2) is 4.98 Å². The molecule has 0 unspecified atom stereocenters. The van der Waals surface area contributed by atoms with E-state index < -0.39 is 11.7 Å². The molecule has 30 heavy (non-hydrogen) atoms. The molecule has 0 fully saturated rings. The number of hydrogen-bond donors (Lipinski definition) is 2. The number of rotatable bonds is 4. The summed E-state index contributed by atoms with van der Waals surface area (Å²) < 4.78 is 38.7. The molecule has 0 spiro atoms. The summed E-state index contributed by atoms with van der Waals surface area (Å²) in [6.45, 7) is 0. The summed E-state index contributed by atoms with van der Waals surface area (Å²) in [6, 6.07) is 17.3. The zero-order valence-corrected chi connectivity index (χ0v) is 16.2. The fraction of sp³-hybridized carbons (Fsp3) is 0.0909. The molecule has 4 aromatic rings. The summed E-state index contributed by atoms with van der Waals surface area (Å²) in [5.41, 5.74) is 1.83. The molecule has 0 radical (unpaired) electrons. The Bertz CT molecular complexity index is 1230. The van der Waals surface area contributed by atoms with Gasteiger partial charge in [-0.05, 0) is 48.0 Å². The van der Waals surface area contributed by atoms with Crippen molar-refractivity contribution in [2.45, 2.75) is 12.6 Å². The fourth-order valence-corrected chi connectivity index (χ4v) is 3.34. The molecular formula is C22H15ClF3N3O. The number of benzene rings is 3. The van der Waals surface area contributed by atoms with Gasteiger partial charge in [-0.3, -0.25) is 4.79 Å². The number of H-pyrrole nitrogens is 1. The molecule has 3 aromatic carbocycles. The molecule has 152 valence electrons. The molecule has 0 saturated carbocycles. The molecule has 2 N–H and O–H groups in total. The van der Waals surface area contributed by atoms with Gasteiger partial charge in [0.2, 0.25) is 0 Å². The quantitative estimate of drug-likeness (QED) is 0.413. The van der Waals surface area contributed by atoms with Gasteiger partial charge < -0.3 is 10.3 Å². The number of alkyl halides is 3. The van der Waals surface area contributed by atoms with Crippen LogP contribution in [0.25, 0.3) is 11.0 Å². The molecule has 0 aliphatic heterocycles. The Morgan fingerprint density at radius 3 is 2.60 bits per heavy atom. The van der Waals surface area contributed by atoms with Gasteiger partial charge in [0.15, 0.2) is 0 Å². The van der Waals surface area contributed by atoms with Crippen LogP contribution in [0.2, 0.25) is 5.02 Å². The molecular weight excluding hydrogens is 415 g/mol. The Balaban J connectivity index is 1.53. The van der Waals surface area contributed by atoms with Gasteiger partial charge in [0, 0.05) is 12.1 Å². The number of halogens is 4. The molecule has 4 nitrogen and oxygen atoms in total. The Kier molecular flexibility index (Phi) is 5.22. The molecule has 0 aliphatic rings. The second-order valence-electron chi connectivity index (χ2n) is 6.72. The Morgan fingerprint density at radius 2 is 1.83 bits per heavy atom. The highest BCUT2D eigenvalue weighted by Gasteiger charge is 2.30. The third-order valence-corrected chi connectivity index (χ3v) is 4.86. The van der Waals surface area contributed by atoms with Crippen LogP contribution in [0, 0.1) is 0 Å². The van der Waals surface area contributed by atoms with Gasteiger partial charge in [-0.2, -0.15) is 13.2 Å². The summed E-state index contributed by atoms with van der Waals surface area (Å²) in [5.74, 6) is 0.195. The van der Waals surface area contributed by atoms with E-state index in [1.807, 2.05) is 6.07 Å². The number of carbonyl (C=O) groups excluding carboxylic acids is 1. The van der Waals surface area contributed by atoms with Gasteiger partial charge in [0.1, 0.15) is 5.82 Å². The van der Waals surface area contributed by atoms with Crippen molar-refractivity contribution in [3.05, 3.63) is 94.3 Å². The van der Waals surface area contributed by atoms with Crippen LogP contribution in [0.3, 0.4) is 0 Å². The van der Waals surface area contributed by atoms with Gasteiger partial charge >= 0.3 is 6.18 Å². The fourth-order valence-electron chi connectivity index (χ4n) is 3.12. The zero-order valence-electron chi connectivity index (χ0n) is 15.4. The van der Waals surface area contributed by atoms with Crippen LogP contribution in [-0.2, 0) is 12.6 Å². The maximum atomic E-state index is 12.9. The third-order valence-electron chi connectivity index (χ3n) is 4.53. The highest BCUT2D eigenvalue weighted by Crippen LogP contribution is 2.31. The minimum Gasteiger partial charge on any atom is -0.342 e. The monoisotopic (exact) mass is 429 g/mol. The van der Waals surface area contributed by atoms with Crippen molar-refractivity contribution >= 4 is 34.2 Å². The van der Waals surface area contributed by atoms with Crippen LogP contribution < -0.4 is 5.32 Å². The lowest BCUT2D eigenvalue weighted by Crippen LogP contribution is -2.12. The van der Waals surface area contributed by atoms with E-state index in [1.165, 1.54) is 6.07 Å².